The van der Waals surface area contributed by atoms with Crippen molar-refractivity contribution >= 4 is 0 Å². The van der Waals surface area contributed by atoms with Crippen molar-refractivity contribution < 1.29 is 9.13 Å². The van der Waals surface area contributed by atoms with E-state index in [4.69, 9.17) is 4.74 Å². The van der Waals surface area contributed by atoms with Crippen LogP contribution < -0.4 is 5.32 Å². The van der Waals surface area contributed by atoms with Crippen LogP contribution in [0.5, 0.6) is 0 Å². The zero-order chi connectivity index (χ0) is 13.5. The molecular formula is C16H24FNO. The smallest absolute Gasteiger partial charge is 0.123 e. The Morgan fingerprint density at radius 1 is 1.42 bits per heavy atom. The summed E-state index contributed by atoms with van der Waals surface area (Å²) in [6.45, 7) is 4.79. The third-order valence-electron chi connectivity index (χ3n) is 3.57. The molecule has 1 fully saturated rings. The number of hydrogen-bond acceptors (Lipinski definition) is 2. The summed E-state index contributed by atoms with van der Waals surface area (Å²) in [6.07, 6.45) is 4.66. The molecule has 1 aliphatic rings. The SMILES string of the molecule is CCC(NCCCOCC1CC1)c1cccc(F)c1. The largest absolute Gasteiger partial charge is 0.381 e. The Morgan fingerprint density at radius 3 is 2.95 bits per heavy atom. The molecule has 1 saturated carbocycles. The molecule has 0 bridgehead atoms. The Morgan fingerprint density at radius 2 is 2.26 bits per heavy atom. The third-order valence-corrected chi connectivity index (χ3v) is 3.57. The van der Waals surface area contributed by atoms with E-state index in [-0.39, 0.29) is 11.9 Å². The van der Waals surface area contributed by atoms with Crippen molar-refractivity contribution in [2.75, 3.05) is 19.8 Å². The normalized spacial score (nSPS) is 16.5. The quantitative estimate of drug-likeness (QED) is 0.688. The van der Waals surface area contributed by atoms with E-state index in [9.17, 15) is 4.39 Å². The molecule has 2 rings (SSSR count). The zero-order valence-corrected chi connectivity index (χ0v) is 11.7. The van der Waals surface area contributed by atoms with Gasteiger partial charge in [-0.3, -0.25) is 0 Å². The predicted octanol–water partition coefficient (Wildman–Crippen LogP) is 3.68. The minimum absolute atomic E-state index is 0.162. The van der Waals surface area contributed by atoms with Gasteiger partial charge < -0.3 is 10.1 Å². The highest BCUT2D eigenvalue weighted by molar-refractivity contribution is 5.19. The fourth-order valence-corrected chi connectivity index (χ4v) is 2.21. The molecule has 3 heteroatoms. The van der Waals surface area contributed by atoms with Crippen molar-refractivity contribution in [2.24, 2.45) is 5.92 Å². The third kappa shape index (κ3) is 5.29. The van der Waals surface area contributed by atoms with Crippen LogP contribution in [0.2, 0.25) is 0 Å². The Kier molecular flexibility index (Phi) is 5.80. The van der Waals surface area contributed by atoms with Crippen LogP contribution in [0.3, 0.4) is 0 Å². The van der Waals surface area contributed by atoms with E-state index >= 15 is 0 Å². The highest BCUT2D eigenvalue weighted by Gasteiger charge is 2.20. The van der Waals surface area contributed by atoms with Gasteiger partial charge in [0.2, 0.25) is 0 Å². The van der Waals surface area contributed by atoms with Gasteiger partial charge in [0.25, 0.3) is 0 Å². The summed E-state index contributed by atoms with van der Waals surface area (Å²) >= 11 is 0. The van der Waals surface area contributed by atoms with E-state index in [0.717, 1.165) is 44.1 Å². The summed E-state index contributed by atoms with van der Waals surface area (Å²) in [7, 11) is 0. The maximum Gasteiger partial charge on any atom is 0.123 e. The predicted molar refractivity (Wildman–Crippen MR) is 75.6 cm³/mol. The first-order valence-corrected chi connectivity index (χ1v) is 7.36. The Bertz CT molecular complexity index is 379. The van der Waals surface area contributed by atoms with E-state index in [1.54, 1.807) is 12.1 Å². The van der Waals surface area contributed by atoms with Gasteiger partial charge in [-0.15, -0.1) is 0 Å². The monoisotopic (exact) mass is 265 g/mol. The molecule has 0 amide bonds. The van der Waals surface area contributed by atoms with Gasteiger partial charge in [0.15, 0.2) is 0 Å². The molecule has 106 valence electrons. The Hall–Kier alpha value is -0.930. The summed E-state index contributed by atoms with van der Waals surface area (Å²) in [5.41, 5.74) is 1.03. The lowest BCUT2D eigenvalue weighted by Gasteiger charge is -2.17. The summed E-state index contributed by atoms with van der Waals surface area (Å²) in [5, 5.41) is 3.47. The molecule has 1 aromatic rings. The van der Waals surface area contributed by atoms with Gasteiger partial charge in [-0.1, -0.05) is 19.1 Å². The van der Waals surface area contributed by atoms with E-state index in [1.807, 2.05) is 6.07 Å². The molecule has 0 aromatic heterocycles. The average molecular weight is 265 g/mol. The fourth-order valence-electron chi connectivity index (χ4n) is 2.21. The van der Waals surface area contributed by atoms with E-state index in [1.165, 1.54) is 18.9 Å². The first kappa shape index (κ1) is 14.5. The second kappa shape index (κ2) is 7.61. The van der Waals surface area contributed by atoms with Crippen molar-refractivity contribution in [1.29, 1.82) is 0 Å². The summed E-state index contributed by atoms with van der Waals surface area (Å²) in [6, 6.07) is 7.09. The van der Waals surface area contributed by atoms with E-state index in [2.05, 4.69) is 12.2 Å². The second-order valence-electron chi connectivity index (χ2n) is 5.34. The average Bonchev–Trinajstić information content (AvgIpc) is 3.22. The van der Waals surface area contributed by atoms with Gasteiger partial charge >= 0.3 is 0 Å². The van der Waals surface area contributed by atoms with Gasteiger partial charge in [0.1, 0.15) is 5.82 Å². The zero-order valence-electron chi connectivity index (χ0n) is 11.7. The van der Waals surface area contributed by atoms with Crippen LogP contribution in [0.25, 0.3) is 0 Å². The highest BCUT2D eigenvalue weighted by atomic mass is 19.1. The summed E-state index contributed by atoms with van der Waals surface area (Å²) in [5.74, 6) is 0.675. The molecule has 0 spiro atoms. The molecule has 1 aliphatic carbocycles. The maximum atomic E-state index is 13.2. The minimum Gasteiger partial charge on any atom is -0.381 e. The fraction of sp³-hybridized carbons (Fsp3) is 0.625. The maximum absolute atomic E-state index is 13.2. The molecule has 1 N–H and O–H groups in total. The van der Waals surface area contributed by atoms with Gasteiger partial charge in [0.05, 0.1) is 0 Å². The summed E-state index contributed by atoms with van der Waals surface area (Å²) in [4.78, 5) is 0. The van der Waals surface area contributed by atoms with Gasteiger partial charge in [-0.05, 0) is 55.8 Å². The van der Waals surface area contributed by atoms with Crippen LogP contribution >= 0.6 is 0 Å². The highest BCUT2D eigenvalue weighted by Crippen LogP contribution is 2.28. The van der Waals surface area contributed by atoms with Crippen molar-refractivity contribution in [1.82, 2.24) is 5.32 Å². The van der Waals surface area contributed by atoms with Crippen molar-refractivity contribution in [3.05, 3.63) is 35.6 Å². The van der Waals surface area contributed by atoms with E-state index < -0.39 is 0 Å². The molecule has 2 nitrogen and oxygen atoms in total. The topological polar surface area (TPSA) is 21.3 Å². The molecule has 0 aliphatic heterocycles. The van der Waals surface area contributed by atoms with Crippen LogP contribution in [0.15, 0.2) is 24.3 Å². The minimum atomic E-state index is -0.162. The molecule has 0 heterocycles. The molecule has 1 unspecified atom stereocenters. The Labute approximate surface area is 115 Å². The van der Waals surface area contributed by atoms with Crippen LogP contribution in [-0.2, 0) is 4.74 Å². The number of hydrogen-bond donors (Lipinski definition) is 1. The first-order chi connectivity index (χ1) is 9.29. The molecule has 0 saturated heterocycles. The second-order valence-corrected chi connectivity index (χ2v) is 5.34. The lowest BCUT2D eigenvalue weighted by molar-refractivity contribution is 0.121. The molecular weight excluding hydrogens is 241 g/mol. The number of ether oxygens (including phenoxy) is 1. The van der Waals surface area contributed by atoms with Crippen molar-refractivity contribution in [3.8, 4) is 0 Å². The molecule has 0 radical (unpaired) electrons. The number of nitrogens with one attached hydrogen (secondary N) is 1. The van der Waals surface area contributed by atoms with Crippen molar-refractivity contribution in [3.63, 3.8) is 0 Å². The van der Waals surface area contributed by atoms with Gasteiger partial charge in [0, 0.05) is 19.3 Å². The number of halogens is 1. The molecule has 19 heavy (non-hydrogen) atoms. The molecule has 1 atom stereocenters. The lowest BCUT2D eigenvalue weighted by atomic mass is 10.0. The van der Waals surface area contributed by atoms with E-state index in [0.29, 0.717) is 0 Å². The summed E-state index contributed by atoms with van der Waals surface area (Å²) < 4.78 is 18.8. The Balaban J connectivity index is 1.64. The van der Waals surface area contributed by atoms with Crippen molar-refractivity contribution in [2.45, 2.75) is 38.6 Å². The first-order valence-electron chi connectivity index (χ1n) is 7.36. The number of benzene rings is 1. The van der Waals surface area contributed by atoms with Gasteiger partial charge in [-0.2, -0.15) is 0 Å². The van der Waals surface area contributed by atoms with Crippen LogP contribution in [0, 0.1) is 11.7 Å². The lowest BCUT2D eigenvalue weighted by Crippen LogP contribution is -2.23. The van der Waals surface area contributed by atoms with Crippen LogP contribution in [-0.4, -0.2) is 19.8 Å². The van der Waals surface area contributed by atoms with Crippen LogP contribution in [0.4, 0.5) is 4.39 Å². The molecule has 1 aromatic carbocycles. The number of rotatable bonds is 9. The standard InChI is InChI=1S/C16H24FNO/c1-2-16(14-5-3-6-15(17)11-14)18-9-4-10-19-12-13-7-8-13/h3,5-6,11,13,16,18H,2,4,7-10,12H2,1H3. The van der Waals surface area contributed by atoms with Gasteiger partial charge in [-0.25, -0.2) is 4.39 Å². The van der Waals surface area contributed by atoms with Crippen LogP contribution in [0.1, 0.15) is 44.2 Å².